The first-order valence-electron chi connectivity index (χ1n) is 8.88. The predicted molar refractivity (Wildman–Crippen MR) is 100 cm³/mol. The normalized spacial score (nSPS) is 17.5. The highest BCUT2D eigenvalue weighted by molar-refractivity contribution is 5.78. The van der Waals surface area contributed by atoms with E-state index in [4.69, 9.17) is 0 Å². The summed E-state index contributed by atoms with van der Waals surface area (Å²) in [5, 5.41) is 2.98. The van der Waals surface area contributed by atoms with Crippen molar-refractivity contribution < 1.29 is 4.79 Å². The maximum atomic E-state index is 12.2. The van der Waals surface area contributed by atoms with Crippen molar-refractivity contribution in [2.45, 2.75) is 25.4 Å². The monoisotopic (exact) mass is 338 g/mol. The topological polar surface area (TPSA) is 48.5 Å². The van der Waals surface area contributed by atoms with Gasteiger partial charge < -0.3 is 10.2 Å². The Morgan fingerprint density at radius 3 is 2.88 bits per heavy atom. The summed E-state index contributed by atoms with van der Waals surface area (Å²) in [6.07, 6.45) is 5.81. The molecule has 1 aromatic carbocycles. The van der Waals surface area contributed by atoms with Gasteiger partial charge in [0.2, 0.25) is 5.91 Å². The highest BCUT2D eigenvalue weighted by atomic mass is 16.2. The van der Waals surface area contributed by atoms with E-state index in [1.165, 1.54) is 5.69 Å². The fourth-order valence-corrected chi connectivity index (χ4v) is 3.30. The Labute approximate surface area is 149 Å². The first kappa shape index (κ1) is 17.4. The molecule has 1 aromatic heterocycles. The number of piperidine rings is 1. The molecule has 25 heavy (non-hydrogen) atoms. The van der Waals surface area contributed by atoms with Crippen LogP contribution in [-0.2, 0) is 11.3 Å². The van der Waals surface area contributed by atoms with Gasteiger partial charge in [-0.25, -0.2) is 0 Å². The lowest BCUT2D eigenvalue weighted by atomic mass is 10.0. The second kappa shape index (κ2) is 8.62. The highest BCUT2D eigenvalue weighted by Crippen LogP contribution is 2.21. The van der Waals surface area contributed by atoms with E-state index < -0.39 is 0 Å². The van der Waals surface area contributed by atoms with E-state index >= 15 is 0 Å². The fourth-order valence-electron chi connectivity index (χ4n) is 3.30. The molecule has 0 saturated carbocycles. The van der Waals surface area contributed by atoms with Crippen LogP contribution >= 0.6 is 0 Å². The number of aromatic nitrogens is 1. The maximum Gasteiger partial charge on any atom is 0.234 e. The minimum atomic E-state index is 0.0585. The Hall–Kier alpha value is -2.40. The van der Waals surface area contributed by atoms with Crippen LogP contribution in [0.1, 0.15) is 18.4 Å². The number of amides is 1. The Balaban J connectivity index is 1.48. The Morgan fingerprint density at radius 1 is 1.28 bits per heavy atom. The maximum absolute atomic E-state index is 12.2. The first-order valence-corrected chi connectivity index (χ1v) is 8.88. The SMILES string of the molecule is CN(CC(=O)NCc1cccnc1)C1CCCN(c2ccccc2)C1. The number of carbonyl (C=O) groups excluding carboxylic acids is 1. The Kier molecular flexibility index (Phi) is 6.01. The van der Waals surface area contributed by atoms with E-state index in [9.17, 15) is 4.79 Å². The van der Waals surface area contributed by atoms with Crippen molar-refractivity contribution in [3.63, 3.8) is 0 Å². The lowest BCUT2D eigenvalue weighted by Gasteiger charge is -2.38. The van der Waals surface area contributed by atoms with E-state index in [1.807, 2.05) is 25.2 Å². The molecule has 0 bridgehead atoms. The summed E-state index contributed by atoms with van der Waals surface area (Å²) in [6.45, 7) is 3.01. The molecule has 1 amide bonds. The van der Waals surface area contributed by atoms with Crippen LogP contribution in [-0.4, -0.2) is 48.5 Å². The summed E-state index contributed by atoms with van der Waals surface area (Å²) in [7, 11) is 2.04. The average molecular weight is 338 g/mol. The van der Waals surface area contributed by atoms with E-state index in [-0.39, 0.29) is 5.91 Å². The molecular weight excluding hydrogens is 312 g/mol. The third-order valence-corrected chi connectivity index (χ3v) is 4.75. The molecule has 5 nitrogen and oxygen atoms in total. The molecule has 1 aliphatic rings. The van der Waals surface area contributed by atoms with Crippen molar-refractivity contribution in [2.24, 2.45) is 0 Å². The molecular formula is C20H26N4O. The molecule has 1 N–H and O–H groups in total. The van der Waals surface area contributed by atoms with Gasteiger partial charge in [-0.1, -0.05) is 24.3 Å². The molecule has 5 heteroatoms. The van der Waals surface area contributed by atoms with Crippen LogP contribution < -0.4 is 10.2 Å². The molecule has 0 radical (unpaired) electrons. The molecule has 1 atom stereocenters. The van der Waals surface area contributed by atoms with Gasteiger partial charge in [-0.05, 0) is 43.7 Å². The lowest BCUT2D eigenvalue weighted by Crippen LogP contribution is -2.49. The van der Waals surface area contributed by atoms with E-state index in [0.29, 0.717) is 19.1 Å². The summed E-state index contributed by atoms with van der Waals surface area (Å²) in [5.41, 5.74) is 2.29. The second-order valence-corrected chi connectivity index (χ2v) is 6.63. The number of pyridine rings is 1. The standard InChI is InChI=1S/C20H26N4O/c1-23(16-20(25)22-14-17-7-5-11-21-13-17)19-10-6-12-24(15-19)18-8-3-2-4-9-18/h2-5,7-9,11,13,19H,6,10,12,14-16H2,1H3,(H,22,25). The average Bonchev–Trinajstić information content (AvgIpc) is 2.68. The highest BCUT2D eigenvalue weighted by Gasteiger charge is 2.24. The number of para-hydroxylation sites is 1. The quantitative estimate of drug-likeness (QED) is 0.878. The van der Waals surface area contributed by atoms with Crippen molar-refractivity contribution in [1.82, 2.24) is 15.2 Å². The third kappa shape index (κ3) is 5.03. The van der Waals surface area contributed by atoms with Crippen LogP contribution in [0.4, 0.5) is 5.69 Å². The van der Waals surface area contributed by atoms with Crippen molar-refractivity contribution in [2.75, 3.05) is 31.6 Å². The number of likely N-dealkylation sites (N-methyl/N-ethyl adjacent to an activating group) is 1. The number of carbonyl (C=O) groups is 1. The molecule has 0 spiro atoms. The minimum absolute atomic E-state index is 0.0585. The second-order valence-electron chi connectivity index (χ2n) is 6.63. The molecule has 1 fully saturated rings. The number of hydrogen-bond acceptors (Lipinski definition) is 4. The number of nitrogens with zero attached hydrogens (tertiary/aromatic N) is 3. The van der Waals surface area contributed by atoms with Crippen LogP contribution in [0.25, 0.3) is 0 Å². The number of anilines is 1. The smallest absolute Gasteiger partial charge is 0.234 e. The van der Waals surface area contributed by atoms with Gasteiger partial charge in [-0.15, -0.1) is 0 Å². The number of hydrogen-bond donors (Lipinski definition) is 1. The van der Waals surface area contributed by atoms with Crippen molar-refractivity contribution >= 4 is 11.6 Å². The van der Waals surface area contributed by atoms with E-state index in [1.54, 1.807) is 12.4 Å². The predicted octanol–water partition coefficient (Wildman–Crippen LogP) is 2.30. The fraction of sp³-hybridized carbons (Fsp3) is 0.400. The van der Waals surface area contributed by atoms with Crippen molar-refractivity contribution in [1.29, 1.82) is 0 Å². The molecule has 3 rings (SSSR count). The molecule has 0 aliphatic carbocycles. The molecule has 1 aliphatic heterocycles. The van der Waals surface area contributed by atoms with Crippen molar-refractivity contribution in [3.8, 4) is 0 Å². The number of rotatable bonds is 6. The lowest BCUT2D eigenvalue weighted by molar-refractivity contribution is -0.122. The zero-order valence-electron chi connectivity index (χ0n) is 14.8. The summed E-state index contributed by atoms with van der Waals surface area (Å²) >= 11 is 0. The van der Waals surface area contributed by atoms with Gasteiger partial charge in [-0.3, -0.25) is 14.7 Å². The molecule has 2 aromatic rings. The van der Waals surface area contributed by atoms with E-state index in [0.717, 1.165) is 31.5 Å². The zero-order chi connectivity index (χ0) is 17.5. The van der Waals surface area contributed by atoms with Gasteiger partial charge in [0.25, 0.3) is 0 Å². The summed E-state index contributed by atoms with van der Waals surface area (Å²) < 4.78 is 0. The summed E-state index contributed by atoms with van der Waals surface area (Å²) in [6, 6.07) is 14.8. The van der Waals surface area contributed by atoms with Crippen molar-refractivity contribution in [3.05, 3.63) is 60.4 Å². The van der Waals surface area contributed by atoms with Gasteiger partial charge in [0.15, 0.2) is 0 Å². The Morgan fingerprint density at radius 2 is 2.12 bits per heavy atom. The van der Waals surface area contributed by atoms with Crippen LogP contribution in [0.15, 0.2) is 54.9 Å². The van der Waals surface area contributed by atoms with Crippen LogP contribution in [0.3, 0.4) is 0 Å². The van der Waals surface area contributed by atoms with Gasteiger partial charge in [0.1, 0.15) is 0 Å². The molecule has 1 saturated heterocycles. The summed E-state index contributed by atoms with van der Waals surface area (Å²) in [4.78, 5) is 20.9. The third-order valence-electron chi connectivity index (χ3n) is 4.75. The molecule has 2 heterocycles. The van der Waals surface area contributed by atoms with Gasteiger partial charge in [0.05, 0.1) is 6.54 Å². The summed E-state index contributed by atoms with van der Waals surface area (Å²) in [5.74, 6) is 0.0585. The van der Waals surface area contributed by atoms with Crippen LogP contribution in [0.2, 0.25) is 0 Å². The first-order chi connectivity index (χ1) is 12.2. The number of benzene rings is 1. The van der Waals surface area contributed by atoms with Gasteiger partial charge >= 0.3 is 0 Å². The van der Waals surface area contributed by atoms with E-state index in [2.05, 4.69) is 44.4 Å². The van der Waals surface area contributed by atoms with Gasteiger partial charge in [-0.2, -0.15) is 0 Å². The van der Waals surface area contributed by atoms with Crippen LogP contribution in [0, 0.1) is 0 Å². The molecule has 1 unspecified atom stereocenters. The molecule has 132 valence electrons. The largest absolute Gasteiger partial charge is 0.370 e. The Bertz CT molecular complexity index is 662. The van der Waals surface area contributed by atoms with Crippen LogP contribution in [0.5, 0.6) is 0 Å². The number of nitrogens with one attached hydrogen (secondary N) is 1. The minimum Gasteiger partial charge on any atom is -0.370 e. The zero-order valence-corrected chi connectivity index (χ0v) is 14.8. The van der Waals surface area contributed by atoms with Gasteiger partial charge in [0, 0.05) is 43.8 Å².